The molecular formula is C21H25N3O6S. The average Bonchev–Trinajstić information content (AvgIpc) is 2.69. The van der Waals surface area contributed by atoms with Gasteiger partial charge in [-0.05, 0) is 38.8 Å². The summed E-state index contributed by atoms with van der Waals surface area (Å²) in [5, 5.41) is 14.2. The fraction of sp³-hybridized carbons (Fsp3) is 0.429. The van der Waals surface area contributed by atoms with Gasteiger partial charge in [0.05, 0.1) is 0 Å². The summed E-state index contributed by atoms with van der Waals surface area (Å²) in [6, 6.07) is 6.63. The summed E-state index contributed by atoms with van der Waals surface area (Å²) in [5.41, 5.74) is 0.335. The third-order valence-electron chi connectivity index (χ3n) is 4.72. The van der Waals surface area contributed by atoms with Gasteiger partial charge >= 0.3 is 12.1 Å². The molecule has 3 N–H and O–H groups in total. The van der Waals surface area contributed by atoms with Gasteiger partial charge in [-0.15, -0.1) is 11.8 Å². The zero-order valence-electron chi connectivity index (χ0n) is 17.7. The van der Waals surface area contributed by atoms with Crippen LogP contribution in [0.1, 0.15) is 39.3 Å². The Morgan fingerprint density at radius 2 is 1.87 bits per heavy atom. The number of amides is 3. The van der Waals surface area contributed by atoms with Crippen LogP contribution < -0.4 is 10.6 Å². The van der Waals surface area contributed by atoms with Crippen molar-refractivity contribution in [3.05, 3.63) is 47.2 Å². The van der Waals surface area contributed by atoms with Crippen LogP contribution in [0, 0.1) is 0 Å². The monoisotopic (exact) mass is 447 g/mol. The predicted molar refractivity (Wildman–Crippen MR) is 114 cm³/mol. The minimum atomic E-state index is -1.17. The lowest BCUT2D eigenvalue weighted by molar-refractivity contribution is -0.151. The fourth-order valence-electron chi connectivity index (χ4n) is 3.38. The summed E-state index contributed by atoms with van der Waals surface area (Å²) >= 11 is 1.38. The van der Waals surface area contributed by atoms with E-state index in [1.807, 2.05) is 0 Å². The number of carbonyl (C=O) groups is 4. The first kappa shape index (κ1) is 22.7. The van der Waals surface area contributed by atoms with Gasteiger partial charge in [-0.2, -0.15) is 0 Å². The molecule has 2 heterocycles. The number of rotatable bonds is 5. The number of ether oxygens (including phenoxy) is 1. The number of thioether (sulfide) groups is 1. The first-order valence-electron chi connectivity index (χ1n) is 9.72. The van der Waals surface area contributed by atoms with Crippen LogP contribution in [0.25, 0.3) is 0 Å². The maximum Gasteiger partial charge on any atom is 0.408 e. The zero-order valence-corrected chi connectivity index (χ0v) is 18.5. The number of hydrogen-bond acceptors (Lipinski definition) is 6. The van der Waals surface area contributed by atoms with Gasteiger partial charge in [0, 0.05) is 5.75 Å². The highest BCUT2D eigenvalue weighted by atomic mass is 32.2. The lowest BCUT2D eigenvalue weighted by Gasteiger charge is -2.49. The van der Waals surface area contributed by atoms with E-state index in [-0.39, 0.29) is 5.70 Å². The number of hydrogen-bond donors (Lipinski definition) is 3. The molecule has 10 heteroatoms. The molecule has 0 bridgehead atoms. The predicted octanol–water partition coefficient (Wildman–Crippen LogP) is 2.01. The molecule has 2 aliphatic heterocycles. The van der Waals surface area contributed by atoms with Crippen molar-refractivity contribution in [1.29, 1.82) is 0 Å². The van der Waals surface area contributed by atoms with Gasteiger partial charge in [0.25, 0.3) is 5.91 Å². The number of alkyl carbamates (subject to hydrolysis) is 1. The molecule has 0 unspecified atom stereocenters. The van der Waals surface area contributed by atoms with E-state index >= 15 is 0 Å². The molecule has 1 aromatic carbocycles. The van der Waals surface area contributed by atoms with E-state index in [2.05, 4.69) is 10.6 Å². The van der Waals surface area contributed by atoms with Crippen molar-refractivity contribution in [2.24, 2.45) is 0 Å². The van der Waals surface area contributed by atoms with Crippen LogP contribution >= 0.6 is 11.8 Å². The quantitative estimate of drug-likeness (QED) is 0.590. The van der Waals surface area contributed by atoms with Gasteiger partial charge < -0.3 is 20.5 Å². The Bertz CT molecular complexity index is 940. The highest BCUT2D eigenvalue weighted by molar-refractivity contribution is 8.00. The first-order valence-corrected chi connectivity index (χ1v) is 10.8. The SMILES string of the molecule is CC1=C(C(=O)O)N2C(=O)[C@@H](NC(=O)[C@H](NC(=O)OC(C)(C)C)c3ccccc3)[C@H]2SC1. The van der Waals surface area contributed by atoms with Crippen molar-refractivity contribution in [3.8, 4) is 0 Å². The molecule has 2 aliphatic rings. The van der Waals surface area contributed by atoms with E-state index in [1.54, 1.807) is 58.0 Å². The number of fused-ring (bicyclic) bond motifs is 1. The molecule has 9 nitrogen and oxygen atoms in total. The van der Waals surface area contributed by atoms with Crippen molar-refractivity contribution in [2.75, 3.05) is 5.75 Å². The number of aliphatic carboxylic acids is 1. The number of carboxylic acid groups (broad SMARTS) is 1. The standard InChI is InChI=1S/C21H25N3O6S/c1-11-10-31-18-14(17(26)24(18)15(11)19(27)28)22-16(25)13(12-8-6-5-7-9-12)23-20(29)30-21(2,3)4/h5-9,13-14,18H,10H2,1-4H3,(H,22,25)(H,23,29)(H,27,28)/t13-,14-,18-/m1/s1. The molecule has 1 fully saturated rings. The van der Waals surface area contributed by atoms with E-state index in [0.717, 1.165) is 0 Å². The molecule has 3 rings (SSSR count). The second kappa shape index (κ2) is 8.62. The number of carbonyl (C=O) groups excluding carboxylic acids is 3. The lowest BCUT2D eigenvalue weighted by atomic mass is 10.0. The second-order valence-electron chi connectivity index (χ2n) is 8.32. The van der Waals surface area contributed by atoms with Crippen LogP contribution in [-0.2, 0) is 19.1 Å². The maximum atomic E-state index is 13.1. The van der Waals surface area contributed by atoms with Crippen LogP contribution in [0.4, 0.5) is 4.79 Å². The summed E-state index contributed by atoms with van der Waals surface area (Å²) in [6.07, 6.45) is -0.767. The zero-order chi connectivity index (χ0) is 22.9. The van der Waals surface area contributed by atoms with Crippen molar-refractivity contribution in [2.45, 2.75) is 50.8 Å². The van der Waals surface area contributed by atoms with E-state index in [0.29, 0.717) is 16.9 Å². The summed E-state index contributed by atoms with van der Waals surface area (Å²) in [7, 11) is 0. The van der Waals surface area contributed by atoms with Crippen LogP contribution in [0.5, 0.6) is 0 Å². The molecule has 0 aliphatic carbocycles. The Balaban J connectivity index is 1.76. The van der Waals surface area contributed by atoms with Crippen molar-refractivity contribution >= 4 is 35.6 Å². The Hall–Kier alpha value is -3.01. The summed E-state index contributed by atoms with van der Waals surface area (Å²) < 4.78 is 5.26. The van der Waals surface area contributed by atoms with Crippen LogP contribution in [0.3, 0.4) is 0 Å². The van der Waals surface area contributed by atoms with Gasteiger partial charge in [0.15, 0.2) is 0 Å². The van der Waals surface area contributed by atoms with Crippen molar-refractivity contribution in [3.63, 3.8) is 0 Å². The Morgan fingerprint density at radius 1 is 1.23 bits per heavy atom. The maximum absolute atomic E-state index is 13.1. The molecule has 3 amide bonds. The summed E-state index contributed by atoms with van der Waals surface area (Å²) in [4.78, 5) is 50.8. The van der Waals surface area contributed by atoms with Gasteiger partial charge in [-0.1, -0.05) is 30.3 Å². The van der Waals surface area contributed by atoms with Crippen molar-refractivity contribution < 1.29 is 29.0 Å². The minimum absolute atomic E-state index is 0.0364. The van der Waals surface area contributed by atoms with Crippen molar-refractivity contribution in [1.82, 2.24) is 15.5 Å². The van der Waals surface area contributed by atoms with E-state index < -0.39 is 46.9 Å². The number of benzene rings is 1. The topological polar surface area (TPSA) is 125 Å². The molecular weight excluding hydrogens is 422 g/mol. The van der Waals surface area contributed by atoms with Gasteiger partial charge in [0.2, 0.25) is 5.91 Å². The van der Waals surface area contributed by atoms with Crippen LogP contribution in [-0.4, -0.2) is 56.7 Å². The lowest BCUT2D eigenvalue weighted by Crippen LogP contribution is -2.71. The van der Waals surface area contributed by atoms with Gasteiger partial charge in [-0.25, -0.2) is 9.59 Å². The Morgan fingerprint density at radius 3 is 2.45 bits per heavy atom. The smallest absolute Gasteiger partial charge is 0.408 e. The number of nitrogens with one attached hydrogen (secondary N) is 2. The minimum Gasteiger partial charge on any atom is -0.477 e. The highest BCUT2D eigenvalue weighted by Gasteiger charge is 2.54. The fourth-order valence-corrected chi connectivity index (χ4v) is 4.68. The Kier molecular flexibility index (Phi) is 6.30. The molecule has 0 saturated carbocycles. The molecule has 31 heavy (non-hydrogen) atoms. The van der Waals surface area contributed by atoms with E-state index in [9.17, 15) is 24.3 Å². The number of carboxylic acids is 1. The normalized spacial score (nSPS) is 21.5. The second-order valence-corrected chi connectivity index (χ2v) is 9.43. The average molecular weight is 448 g/mol. The molecule has 0 aromatic heterocycles. The molecule has 0 radical (unpaired) electrons. The van der Waals surface area contributed by atoms with E-state index in [4.69, 9.17) is 4.74 Å². The van der Waals surface area contributed by atoms with E-state index in [1.165, 1.54) is 16.7 Å². The third kappa shape index (κ3) is 4.84. The number of β-lactam (4-membered cyclic amide) rings is 1. The molecule has 166 valence electrons. The molecule has 3 atom stereocenters. The molecule has 0 spiro atoms. The first-order chi connectivity index (χ1) is 14.5. The van der Waals surface area contributed by atoms with Gasteiger partial charge in [-0.3, -0.25) is 14.5 Å². The van der Waals surface area contributed by atoms with Crippen LogP contribution in [0.2, 0.25) is 0 Å². The summed E-state index contributed by atoms with van der Waals surface area (Å²) in [6.45, 7) is 6.80. The Labute approximate surface area is 184 Å². The third-order valence-corrected chi connectivity index (χ3v) is 6.14. The number of nitrogens with zero attached hydrogens (tertiary/aromatic N) is 1. The van der Waals surface area contributed by atoms with Crippen LogP contribution in [0.15, 0.2) is 41.6 Å². The van der Waals surface area contributed by atoms with Gasteiger partial charge in [0.1, 0.15) is 28.8 Å². The largest absolute Gasteiger partial charge is 0.477 e. The summed E-state index contributed by atoms with van der Waals surface area (Å²) in [5.74, 6) is -1.80. The molecule has 1 saturated heterocycles. The highest BCUT2D eigenvalue weighted by Crippen LogP contribution is 2.40. The molecule has 1 aromatic rings.